The molecule has 1 aromatic heterocycles. The first-order valence-corrected chi connectivity index (χ1v) is 10.3. The second kappa shape index (κ2) is 11.5. The molecule has 1 aromatic carbocycles. The van der Waals surface area contributed by atoms with E-state index >= 15 is 0 Å². The summed E-state index contributed by atoms with van der Waals surface area (Å²) in [6.07, 6.45) is 6.64. The fourth-order valence-corrected chi connectivity index (χ4v) is 3.37. The van der Waals surface area contributed by atoms with E-state index in [0.29, 0.717) is 6.54 Å². The molecular formula is C22H35N5O. The number of nitrogens with one attached hydrogen (secondary N) is 2. The lowest BCUT2D eigenvalue weighted by molar-refractivity contribution is 0.169. The molecule has 6 nitrogen and oxygen atoms in total. The van der Waals surface area contributed by atoms with Gasteiger partial charge in [-0.25, -0.2) is 4.99 Å². The molecule has 0 saturated heterocycles. The molecule has 1 heterocycles. The first kappa shape index (κ1) is 22.0. The van der Waals surface area contributed by atoms with Gasteiger partial charge >= 0.3 is 0 Å². The third kappa shape index (κ3) is 6.68. The van der Waals surface area contributed by atoms with Gasteiger partial charge in [-0.3, -0.25) is 4.68 Å². The topological polar surface area (TPSA) is 74.5 Å². The van der Waals surface area contributed by atoms with Crippen molar-refractivity contribution >= 4 is 5.96 Å². The monoisotopic (exact) mass is 385 g/mol. The van der Waals surface area contributed by atoms with Crippen molar-refractivity contribution in [1.82, 2.24) is 20.4 Å². The molecule has 0 spiro atoms. The predicted molar refractivity (Wildman–Crippen MR) is 115 cm³/mol. The van der Waals surface area contributed by atoms with Gasteiger partial charge in [-0.15, -0.1) is 0 Å². The first-order valence-electron chi connectivity index (χ1n) is 10.3. The van der Waals surface area contributed by atoms with Crippen molar-refractivity contribution in [2.75, 3.05) is 19.7 Å². The fourth-order valence-electron chi connectivity index (χ4n) is 3.37. The van der Waals surface area contributed by atoms with Gasteiger partial charge in [0.15, 0.2) is 5.96 Å². The van der Waals surface area contributed by atoms with E-state index in [1.807, 2.05) is 16.9 Å². The Morgan fingerprint density at radius 1 is 1.14 bits per heavy atom. The SMILES string of the molecule is CCNC(=NCc1cccc(Cn2cccn2)c1)NCC(CC)(CC)CCO. The number of aliphatic hydroxyl groups excluding tert-OH is 1. The summed E-state index contributed by atoms with van der Waals surface area (Å²) < 4.78 is 1.92. The Kier molecular flexibility index (Phi) is 9.01. The molecule has 0 aliphatic rings. The number of aliphatic hydroxyl groups is 1. The normalized spacial score (nSPS) is 12.2. The van der Waals surface area contributed by atoms with Gasteiger partial charge in [-0.1, -0.05) is 38.1 Å². The van der Waals surface area contributed by atoms with E-state index in [-0.39, 0.29) is 12.0 Å². The fraction of sp³-hybridized carbons (Fsp3) is 0.545. The molecule has 0 aliphatic carbocycles. The molecule has 0 atom stereocenters. The number of rotatable bonds is 11. The lowest BCUT2D eigenvalue weighted by Crippen LogP contribution is -2.43. The van der Waals surface area contributed by atoms with Crippen LogP contribution in [0.15, 0.2) is 47.7 Å². The van der Waals surface area contributed by atoms with Crippen LogP contribution in [0.1, 0.15) is 51.2 Å². The number of hydrogen-bond donors (Lipinski definition) is 3. The van der Waals surface area contributed by atoms with Gasteiger partial charge in [0, 0.05) is 32.1 Å². The number of guanidine groups is 1. The van der Waals surface area contributed by atoms with Crippen molar-refractivity contribution in [3.8, 4) is 0 Å². The lowest BCUT2D eigenvalue weighted by atomic mass is 9.79. The molecule has 0 saturated carbocycles. The molecule has 0 fully saturated rings. The molecule has 28 heavy (non-hydrogen) atoms. The molecule has 0 aliphatic heterocycles. The Morgan fingerprint density at radius 2 is 1.93 bits per heavy atom. The van der Waals surface area contributed by atoms with E-state index in [1.54, 1.807) is 6.20 Å². The molecule has 0 unspecified atom stereocenters. The Hall–Kier alpha value is -2.34. The smallest absolute Gasteiger partial charge is 0.191 e. The van der Waals surface area contributed by atoms with E-state index in [4.69, 9.17) is 4.99 Å². The highest BCUT2D eigenvalue weighted by Gasteiger charge is 2.25. The minimum atomic E-state index is 0.106. The minimum absolute atomic E-state index is 0.106. The highest BCUT2D eigenvalue weighted by atomic mass is 16.3. The van der Waals surface area contributed by atoms with Crippen molar-refractivity contribution in [3.63, 3.8) is 0 Å². The average Bonchev–Trinajstić information content (AvgIpc) is 3.22. The van der Waals surface area contributed by atoms with Gasteiger partial charge in [-0.05, 0) is 48.8 Å². The number of nitrogens with zero attached hydrogens (tertiary/aromatic N) is 3. The number of benzene rings is 1. The molecular weight excluding hydrogens is 350 g/mol. The van der Waals surface area contributed by atoms with Crippen LogP contribution in [-0.4, -0.2) is 40.5 Å². The third-order valence-electron chi connectivity index (χ3n) is 5.43. The van der Waals surface area contributed by atoms with Gasteiger partial charge in [0.05, 0.1) is 13.1 Å². The zero-order valence-electron chi connectivity index (χ0n) is 17.5. The third-order valence-corrected chi connectivity index (χ3v) is 5.43. The van der Waals surface area contributed by atoms with E-state index in [0.717, 1.165) is 44.9 Å². The maximum Gasteiger partial charge on any atom is 0.191 e. The summed E-state index contributed by atoms with van der Waals surface area (Å²) in [7, 11) is 0. The molecule has 2 aromatic rings. The summed E-state index contributed by atoms with van der Waals surface area (Å²) in [4.78, 5) is 4.76. The van der Waals surface area contributed by atoms with Crippen LogP contribution in [0, 0.1) is 5.41 Å². The van der Waals surface area contributed by atoms with E-state index in [2.05, 4.69) is 60.8 Å². The van der Waals surface area contributed by atoms with Crippen molar-refractivity contribution < 1.29 is 5.11 Å². The summed E-state index contributed by atoms with van der Waals surface area (Å²) in [5.74, 6) is 0.823. The summed E-state index contributed by atoms with van der Waals surface area (Å²) in [5.41, 5.74) is 2.50. The molecule has 2 rings (SSSR count). The van der Waals surface area contributed by atoms with Crippen LogP contribution in [0.3, 0.4) is 0 Å². The number of aliphatic imine (C=N–C) groups is 1. The van der Waals surface area contributed by atoms with Crippen molar-refractivity contribution in [2.24, 2.45) is 10.4 Å². The summed E-state index contributed by atoms with van der Waals surface area (Å²) in [6, 6.07) is 10.4. The Balaban J connectivity index is 2.01. The molecule has 0 amide bonds. The van der Waals surface area contributed by atoms with Crippen molar-refractivity contribution in [1.29, 1.82) is 0 Å². The summed E-state index contributed by atoms with van der Waals surface area (Å²) in [6.45, 7) is 9.68. The molecule has 0 bridgehead atoms. The molecule has 0 radical (unpaired) electrons. The largest absolute Gasteiger partial charge is 0.396 e. The van der Waals surface area contributed by atoms with Crippen LogP contribution in [0.2, 0.25) is 0 Å². The van der Waals surface area contributed by atoms with E-state index < -0.39 is 0 Å². The lowest BCUT2D eigenvalue weighted by Gasteiger charge is -2.32. The highest BCUT2D eigenvalue weighted by molar-refractivity contribution is 5.79. The van der Waals surface area contributed by atoms with Gasteiger partial charge < -0.3 is 15.7 Å². The summed E-state index contributed by atoms with van der Waals surface area (Å²) in [5, 5.41) is 20.5. The maximum absolute atomic E-state index is 9.42. The van der Waals surface area contributed by atoms with Gasteiger partial charge in [0.2, 0.25) is 0 Å². The zero-order valence-corrected chi connectivity index (χ0v) is 17.5. The number of hydrogen-bond acceptors (Lipinski definition) is 3. The van der Waals surface area contributed by atoms with Crippen LogP contribution in [-0.2, 0) is 13.1 Å². The second-order valence-corrected chi connectivity index (χ2v) is 7.25. The maximum atomic E-state index is 9.42. The van der Waals surface area contributed by atoms with Crippen LogP contribution >= 0.6 is 0 Å². The van der Waals surface area contributed by atoms with Crippen LogP contribution in [0.5, 0.6) is 0 Å². The second-order valence-electron chi connectivity index (χ2n) is 7.25. The van der Waals surface area contributed by atoms with Crippen LogP contribution < -0.4 is 10.6 Å². The van der Waals surface area contributed by atoms with Crippen molar-refractivity contribution in [2.45, 2.75) is 53.1 Å². The Morgan fingerprint density at radius 3 is 2.57 bits per heavy atom. The zero-order chi connectivity index (χ0) is 20.2. The van der Waals surface area contributed by atoms with Crippen LogP contribution in [0.25, 0.3) is 0 Å². The molecule has 154 valence electrons. The molecule has 3 N–H and O–H groups in total. The quantitative estimate of drug-likeness (QED) is 0.410. The van der Waals surface area contributed by atoms with Crippen LogP contribution in [0.4, 0.5) is 0 Å². The predicted octanol–water partition coefficient (Wildman–Crippen LogP) is 3.18. The average molecular weight is 386 g/mol. The standard InChI is InChI=1S/C22H35N5O/c1-4-22(5-2,11-14-28)18-25-21(23-6-3)24-16-19-9-7-10-20(15-19)17-27-13-8-12-26-27/h7-10,12-13,15,28H,4-6,11,14,16-18H2,1-3H3,(H2,23,24,25). The Labute approximate surface area is 169 Å². The van der Waals surface area contributed by atoms with Gasteiger partial charge in [-0.2, -0.15) is 5.10 Å². The Bertz CT molecular complexity index is 707. The number of aromatic nitrogens is 2. The van der Waals surface area contributed by atoms with E-state index in [9.17, 15) is 5.11 Å². The van der Waals surface area contributed by atoms with Gasteiger partial charge in [0.1, 0.15) is 0 Å². The van der Waals surface area contributed by atoms with E-state index in [1.165, 1.54) is 11.1 Å². The highest BCUT2D eigenvalue weighted by Crippen LogP contribution is 2.29. The van der Waals surface area contributed by atoms with Gasteiger partial charge in [0.25, 0.3) is 0 Å². The summed E-state index contributed by atoms with van der Waals surface area (Å²) >= 11 is 0. The first-order chi connectivity index (χ1) is 13.6. The molecule has 6 heteroatoms. The minimum Gasteiger partial charge on any atom is -0.396 e. The van der Waals surface area contributed by atoms with Crippen molar-refractivity contribution in [3.05, 3.63) is 53.9 Å².